The van der Waals surface area contributed by atoms with E-state index < -0.39 is 11.9 Å². The second-order valence-corrected chi connectivity index (χ2v) is 6.29. The summed E-state index contributed by atoms with van der Waals surface area (Å²) in [5.41, 5.74) is 0.641. The van der Waals surface area contributed by atoms with Gasteiger partial charge in [0, 0.05) is 16.7 Å². The summed E-state index contributed by atoms with van der Waals surface area (Å²) in [6.45, 7) is 1.92. The Morgan fingerprint density at radius 1 is 1.36 bits per heavy atom. The van der Waals surface area contributed by atoms with Gasteiger partial charge in [0.05, 0.1) is 7.11 Å². The molecule has 3 atom stereocenters. The van der Waals surface area contributed by atoms with Crippen molar-refractivity contribution in [2.75, 3.05) is 13.4 Å². The third-order valence-corrected chi connectivity index (χ3v) is 5.33. The monoisotopic (exact) mass is 316 g/mol. The van der Waals surface area contributed by atoms with E-state index in [1.807, 2.05) is 19.1 Å². The zero-order valence-corrected chi connectivity index (χ0v) is 13.5. The van der Waals surface area contributed by atoms with Crippen LogP contribution in [0.3, 0.4) is 0 Å². The second kappa shape index (κ2) is 6.37. The summed E-state index contributed by atoms with van der Waals surface area (Å²) in [5, 5.41) is 18.7. The number of nitrogens with zero attached hydrogens (tertiary/aromatic N) is 2. The highest BCUT2D eigenvalue weighted by molar-refractivity contribution is 8.02. The van der Waals surface area contributed by atoms with Crippen LogP contribution in [0.15, 0.2) is 21.6 Å². The lowest BCUT2D eigenvalue weighted by atomic mass is 9.63. The Labute approximate surface area is 133 Å². The third kappa shape index (κ3) is 2.34. The summed E-state index contributed by atoms with van der Waals surface area (Å²) in [6, 6.07) is 3.92. The predicted molar refractivity (Wildman–Crippen MR) is 81.2 cm³/mol. The fourth-order valence-electron chi connectivity index (χ4n) is 3.41. The Bertz CT molecular complexity index is 678. The van der Waals surface area contributed by atoms with Gasteiger partial charge in [0.15, 0.2) is 5.78 Å². The fraction of sp³-hybridized carbons (Fsp3) is 0.500. The van der Waals surface area contributed by atoms with Crippen molar-refractivity contribution in [3.05, 3.63) is 21.6 Å². The lowest BCUT2D eigenvalue weighted by Gasteiger charge is -2.41. The van der Waals surface area contributed by atoms with Crippen LogP contribution in [0.5, 0.6) is 0 Å². The summed E-state index contributed by atoms with van der Waals surface area (Å²) in [5.74, 6) is -1.77. The van der Waals surface area contributed by atoms with E-state index in [1.165, 1.54) is 18.9 Å². The molecule has 114 valence electrons. The van der Waals surface area contributed by atoms with Crippen molar-refractivity contribution < 1.29 is 14.3 Å². The maximum absolute atomic E-state index is 12.7. The summed E-state index contributed by atoms with van der Waals surface area (Å²) in [7, 11) is 1.22. The third-order valence-electron chi connectivity index (χ3n) is 4.40. The van der Waals surface area contributed by atoms with Crippen molar-refractivity contribution in [3.8, 4) is 12.1 Å². The molecule has 2 aliphatic rings. The molecule has 0 amide bonds. The van der Waals surface area contributed by atoms with Gasteiger partial charge in [0.1, 0.15) is 23.3 Å². The van der Waals surface area contributed by atoms with Crippen LogP contribution in [0.4, 0.5) is 0 Å². The Balaban J connectivity index is 2.77. The minimum absolute atomic E-state index is 0.00138. The molecule has 0 aromatic rings. The number of Topliss-reactive ketones (excluding diaryl/α,β-unsaturated/α-hetero) is 1. The fourth-order valence-corrected chi connectivity index (χ4v) is 4.29. The molecule has 1 saturated carbocycles. The first-order valence-electron chi connectivity index (χ1n) is 6.96. The van der Waals surface area contributed by atoms with Crippen LogP contribution in [-0.2, 0) is 14.3 Å². The lowest BCUT2D eigenvalue weighted by Crippen LogP contribution is -2.39. The normalized spacial score (nSPS) is 29.5. The molecule has 0 N–H and O–H groups in total. The number of hydrogen-bond donors (Lipinski definition) is 0. The number of ether oxygens (including phenoxy) is 1. The second-order valence-electron chi connectivity index (χ2n) is 5.44. The zero-order valence-electron chi connectivity index (χ0n) is 12.7. The number of esters is 1. The molecule has 2 rings (SSSR count). The maximum atomic E-state index is 12.7. The van der Waals surface area contributed by atoms with E-state index in [0.717, 1.165) is 12.8 Å². The van der Waals surface area contributed by atoms with Gasteiger partial charge in [-0.05, 0) is 30.6 Å². The van der Waals surface area contributed by atoms with Crippen molar-refractivity contribution in [2.24, 2.45) is 17.8 Å². The van der Waals surface area contributed by atoms with E-state index in [-0.39, 0.29) is 28.8 Å². The smallest absolute Gasteiger partial charge is 0.348 e. The quantitative estimate of drug-likeness (QED) is 0.441. The summed E-state index contributed by atoms with van der Waals surface area (Å²) < 4.78 is 4.70. The minimum atomic E-state index is -0.713. The van der Waals surface area contributed by atoms with Gasteiger partial charge in [-0.1, -0.05) is 6.92 Å². The van der Waals surface area contributed by atoms with Crippen molar-refractivity contribution in [1.29, 1.82) is 10.5 Å². The predicted octanol–water partition coefficient (Wildman–Crippen LogP) is 2.37. The van der Waals surface area contributed by atoms with Crippen LogP contribution in [0.2, 0.25) is 0 Å². The van der Waals surface area contributed by atoms with E-state index in [2.05, 4.69) is 0 Å². The molecule has 0 saturated heterocycles. The molecular formula is C16H16N2O3S. The van der Waals surface area contributed by atoms with Gasteiger partial charge in [0.2, 0.25) is 0 Å². The molecule has 1 fully saturated rings. The molecule has 0 aromatic carbocycles. The van der Waals surface area contributed by atoms with Gasteiger partial charge >= 0.3 is 5.97 Å². The number of nitriles is 2. The Morgan fingerprint density at radius 3 is 2.55 bits per heavy atom. The number of allylic oxidation sites excluding steroid dienone is 3. The largest absolute Gasteiger partial charge is 0.465 e. The SMILES string of the molecule is COC(=O)/C(C#N)=C1/[C@H]2CC[C@@H](C)[C@H]1C(=O)C(C#N)=C2SC. The molecule has 0 aliphatic heterocycles. The number of thioether (sulfide) groups is 1. The van der Waals surface area contributed by atoms with E-state index >= 15 is 0 Å². The highest BCUT2D eigenvalue weighted by atomic mass is 32.2. The van der Waals surface area contributed by atoms with Crippen LogP contribution < -0.4 is 0 Å². The standard InChI is InChI=1S/C16H16N2O3S/c1-8-4-5-9-13(10(6-17)16(20)21-2)12(8)14(19)11(7-18)15(9)22-3/h8-9,12H,4-5H2,1-3H3/b13-10-/t8-,9-,12-/m1/s1. The van der Waals surface area contributed by atoms with Gasteiger partial charge in [-0.3, -0.25) is 4.79 Å². The topological polar surface area (TPSA) is 90.9 Å². The van der Waals surface area contributed by atoms with Crippen molar-refractivity contribution >= 4 is 23.5 Å². The average molecular weight is 316 g/mol. The van der Waals surface area contributed by atoms with Crippen molar-refractivity contribution in [3.63, 3.8) is 0 Å². The van der Waals surface area contributed by atoms with E-state index in [0.29, 0.717) is 10.5 Å². The molecule has 0 unspecified atom stereocenters. The molecule has 5 nitrogen and oxygen atoms in total. The van der Waals surface area contributed by atoms with Gasteiger partial charge in [-0.25, -0.2) is 4.79 Å². The van der Waals surface area contributed by atoms with Crippen LogP contribution in [-0.4, -0.2) is 25.1 Å². The first kappa shape index (κ1) is 16.3. The number of hydrogen-bond acceptors (Lipinski definition) is 6. The first-order valence-corrected chi connectivity index (χ1v) is 8.19. The molecule has 6 heteroatoms. The highest BCUT2D eigenvalue weighted by Gasteiger charge is 2.47. The first-order chi connectivity index (χ1) is 10.5. The number of ketones is 1. The van der Waals surface area contributed by atoms with Crippen LogP contribution in [0.1, 0.15) is 19.8 Å². The molecule has 22 heavy (non-hydrogen) atoms. The molecule has 2 aliphatic carbocycles. The number of fused-ring (bicyclic) bond motifs is 2. The Hall–Kier alpha value is -2.05. The number of carbonyl (C=O) groups excluding carboxylic acids is 2. The molecule has 0 radical (unpaired) electrons. The molecule has 0 heterocycles. The van der Waals surface area contributed by atoms with E-state index in [1.54, 1.807) is 6.26 Å². The molecule has 0 aromatic heterocycles. The number of methoxy groups -OCH3 is 1. The minimum Gasteiger partial charge on any atom is -0.465 e. The highest BCUT2D eigenvalue weighted by Crippen LogP contribution is 2.51. The van der Waals surface area contributed by atoms with Crippen molar-refractivity contribution in [1.82, 2.24) is 0 Å². The summed E-state index contributed by atoms with van der Waals surface area (Å²) in [4.78, 5) is 25.3. The van der Waals surface area contributed by atoms with E-state index in [9.17, 15) is 20.1 Å². The van der Waals surface area contributed by atoms with E-state index in [4.69, 9.17) is 4.74 Å². The number of rotatable bonds is 2. The Morgan fingerprint density at radius 2 is 2.05 bits per heavy atom. The van der Waals surface area contributed by atoms with Gasteiger partial charge in [0.25, 0.3) is 0 Å². The van der Waals surface area contributed by atoms with Gasteiger partial charge < -0.3 is 4.74 Å². The Kier molecular flexibility index (Phi) is 4.73. The zero-order chi connectivity index (χ0) is 16.4. The van der Waals surface area contributed by atoms with Gasteiger partial charge in [-0.2, -0.15) is 10.5 Å². The average Bonchev–Trinajstić information content (AvgIpc) is 2.52. The molecule has 2 bridgehead atoms. The van der Waals surface area contributed by atoms with Crippen molar-refractivity contribution in [2.45, 2.75) is 19.8 Å². The van der Waals surface area contributed by atoms with Crippen LogP contribution in [0, 0.1) is 40.4 Å². The summed E-state index contributed by atoms with van der Waals surface area (Å²) >= 11 is 1.34. The maximum Gasteiger partial charge on any atom is 0.348 e. The lowest BCUT2D eigenvalue weighted by molar-refractivity contribution is -0.135. The summed E-state index contributed by atoms with van der Waals surface area (Å²) in [6.07, 6.45) is 3.36. The van der Waals surface area contributed by atoms with Crippen LogP contribution in [0.25, 0.3) is 0 Å². The molecule has 0 spiro atoms. The van der Waals surface area contributed by atoms with Gasteiger partial charge in [-0.15, -0.1) is 11.8 Å². The number of carbonyl (C=O) groups is 2. The van der Waals surface area contributed by atoms with Crippen LogP contribution >= 0.6 is 11.8 Å². The molecular weight excluding hydrogens is 300 g/mol.